The minimum absolute atomic E-state index is 0.826. The van der Waals surface area contributed by atoms with Crippen molar-refractivity contribution in [3.05, 3.63) is 84.1 Å². The highest BCUT2D eigenvalue weighted by Gasteiger charge is 2.19. The highest BCUT2D eigenvalue weighted by atomic mass is 16.5. The first-order valence-electron chi connectivity index (χ1n) is 13.0. The molecule has 0 aliphatic carbocycles. The summed E-state index contributed by atoms with van der Waals surface area (Å²) in [5.74, 6) is -1.99. The molecular weight excluding hydrogens is 496 g/mol. The first-order chi connectivity index (χ1) is 18.9. The van der Waals surface area contributed by atoms with E-state index in [1.54, 1.807) is 14.2 Å². The number of fused-ring (bicyclic) bond motifs is 2. The van der Waals surface area contributed by atoms with Crippen LogP contribution < -0.4 is 9.47 Å². The van der Waals surface area contributed by atoms with E-state index in [4.69, 9.17) is 29.3 Å². The predicted octanol–water partition coefficient (Wildman–Crippen LogP) is 5.32. The summed E-state index contributed by atoms with van der Waals surface area (Å²) in [5, 5.41) is 16.1. The van der Waals surface area contributed by atoms with Gasteiger partial charge in [-0.1, -0.05) is 48.5 Å². The Morgan fingerprint density at radius 3 is 2.10 bits per heavy atom. The zero-order valence-electron chi connectivity index (χ0n) is 22.3. The Balaban J connectivity index is 0.000000531. The van der Waals surface area contributed by atoms with Crippen molar-refractivity contribution in [2.24, 2.45) is 0 Å². The Morgan fingerprint density at radius 1 is 0.821 bits per heavy atom. The maximum atomic E-state index is 9.10. The molecule has 3 aromatic carbocycles. The van der Waals surface area contributed by atoms with Crippen LogP contribution in [-0.2, 0) is 29.1 Å². The average molecular weight is 531 g/mol. The lowest BCUT2D eigenvalue weighted by Crippen LogP contribution is -2.31. The van der Waals surface area contributed by atoms with Gasteiger partial charge in [0.15, 0.2) is 11.5 Å². The average Bonchev–Trinajstić information content (AvgIpc) is 3.33. The highest BCUT2D eigenvalue weighted by Crippen LogP contribution is 2.33. The number of rotatable bonds is 8. The third kappa shape index (κ3) is 6.78. The number of carbonyl (C=O) groups is 2. The molecule has 1 aromatic heterocycles. The van der Waals surface area contributed by atoms with Crippen molar-refractivity contribution in [2.45, 2.75) is 32.4 Å². The minimum Gasteiger partial charge on any atom is -0.493 e. The zero-order chi connectivity index (χ0) is 27.8. The normalized spacial score (nSPS) is 12.8. The van der Waals surface area contributed by atoms with E-state index in [-0.39, 0.29) is 0 Å². The summed E-state index contributed by atoms with van der Waals surface area (Å²) in [5.41, 5.74) is 6.68. The number of para-hydroxylation sites is 1. The van der Waals surface area contributed by atoms with E-state index >= 15 is 0 Å². The van der Waals surface area contributed by atoms with Crippen molar-refractivity contribution in [3.63, 3.8) is 0 Å². The zero-order valence-corrected chi connectivity index (χ0v) is 22.3. The molecule has 39 heavy (non-hydrogen) atoms. The van der Waals surface area contributed by atoms with Gasteiger partial charge in [-0.2, -0.15) is 0 Å². The standard InChI is InChI=1S/C29H32N2O2.C2H2O4/c1-32-28-18-23-14-17-30(20-24(23)19-29(28)33-2)15-8-9-16-31-21-26(22-10-4-3-5-11-22)25-12-6-7-13-27(25)31;3-1(4)2(5)6/h3-7,10-13,18-19,21H,8-9,14-17,20H2,1-2H3;(H,3,4)(H,5,6). The number of hydrogen-bond acceptors (Lipinski definition) is 5. The van der Waals surface area contributed by atoms with Crippen molar-refractivity contribution in [1.29, 1.82) is 0 Å². The predicted molar refractivity (Wildman–Crippen MR) is 150 cm³/mol. The van der Waals surface area contributed by atoms with Gasteiger partial charge in [-0.25, -0.2) is 9.59 Å². The first-order valence-corrected chi connectivity index (χ1v) is 13.0. The molecule has 0 saturated heterocycles. The molecule has 2 heterocycles. The van der Waals surface area contributed by atoms with Crippen molar-refractivity contribution < 1.29 is 29.3 Å². The lowest BCUT2D eigenvalue weighted by Gasteiger charge is -2.29. The minimum atomic E-state index is -1.82. The molecule has 0 amide bonds. The molecular formula is C31H34N2O6. The second-order valence-electron chi connectivity index (χ2n) is 9.44. The lowest BCUT2D eigenvalue weighted by atomic mass is 9.98. The summed E-state index contributed by atoms with van der Waals surface area (Å²) < 4.78 is 13.4. The molecule has 0 saturated carbocycles. The van der Waals surface area contributed by atoms with Crippen LogP contribution in [0.15, 0.2) is 72.9 Å². The largest absolute Gasteiger partial charge is 0.493 e. The fraction of sp³-hybridized carbons (Fsp3) is 0.290. The van der Waals surface area contributed by atoms with E-state index in [0.717, 1.165) is 44.1 Å². The molecule has 0 unspecified atom stereocenters. The van der Waals surface area contributed by atoms with E-state index in [9.17, 15) is 0 Å². The Kier molecular flexibility index (Phi) is 9.22. The van der Waals surface area contributed by atoms with E-state index in [0.29, 0.717) is 0 Å². The molecule has 0 radical (unpaired) electrons. The molecule has 0 fully saturated rings. The van der Waals surface area contributed by atoms with E-state index in [2.05, 4.69) is 82.4 Å². The molecule has 1 aliphatic rings. The van der Waals surface area contributed by atoms with Gasteiger partial charge in [-0.15, -0.1) is 0 Å². The maximum Gasteiger partial charge on any atom is 0.414 e. The van der Waals surface area contributed by atoms with Gasteiger partial charge < -0.3 is 24.3 Å². The van der Waals surface area contributed by atoms with Crippen LogP contribution in [-0.4, -0.2) is 58.9 Å². The van der Waals surface area contributed by atoms with Gasteiger partial charge >= 0.3 is 11.9 Å². The summed E-state index contributed by atoms with van der Waals surface area (Å²) >= 11 is 0. The molecule has 0 bridgehead atoms. The van der Waals surface area contributed by atoms with Gasteiger partial charge in [-0.3, -0.25) is 4.90 Å². The molecule has 8 heteroatoms. The number of aryl methyl sites for hydroxylation is 1. The number of unbranched alkanes of at least 4 members (excludes halogenated alkanes) is 1. The second kappa shape index (κ2) is 13.0. The van der Waals surface area contributed by atoms with Gasteiger partial charge in [0.05, 0.1) is 14.2 Å². The highest BCUT2D eigenvalue weighted by molar-refractivity contribution is 6.27. The summed E-state index contributed by atoms with van der Waals surface area (Å²) in [4.78, 5) is 20.8. The fourth-order valence-corrected chi connectivity index (χ4v) is 5.03. The Labute approximate surface area is 228 Å². The maximum absolute atomic E-state index is 9.10. The number of carboxylic acid groups (broad SMARTS) is 2. The van der Waals surface area contributed by atoms with Crippen LogP contribution in [0.1, 0.15) is 24.0 Å². The smallest absolute Gasteiger partial charge is 0.414 e. The summed E-state index contributed by atoms with van der Waals surface area (Å²) in [6.07, 6.45) is 5.76. The quantitative estimate of drug-likeness (QED) is 0.235. The van der Waals surface area contributed by atoms with E-state index in [1.807, 2.05) is 0 Å². The van der Waals surface area contributed by atoms with E-state index < -0.39 is 11.9 Å². The van der Waals surface area contributed by atoms with Crippen LogP contribution in [0, 0.1) is 0 Å². The lowest BCUT2D eigenvalue weighted by molar-refractivity contribution is -0.159. The topological polar surface area (TPSA) is 101 Å². The van der Waals surface area contributed by atoms with Crippen LogP contribution in [0.3, 0.4) is 0 Å². The number of benzene rings is 3. The third-order valence-electron chi connectivity index (χ3n) is 6.98. The van der Waals surface area contributed by atoms with Gasteiger partial charge in [0, 0.05) is 42.3 Å². The number of nitrogens with zero attached hydrogens (tertiary/aromatic N) is 2. The summed E-state index contributed by atoms with van der Waals surface area (Å²) in [7, 11) is 3.41. The van der Waals surface area contributed by atoms with Crippen LogP contribution >= 0.6 is 0 Å². The van der Waals surface area contributed by atoms with Gasteiger partial charge in [-0.05, 0) is 60.7 Å². The van der Waals surface area contributed by atoms with Gasteiger partial charge in [0.1, 0.15) is 0 Å². The Morgan fingerprint density at radius 2 is 1.44 bits per heavy atom. The van der Waals surface area contributed by atoms with Gasteiger partial charge in [0.2, 0.25) is 0 Å². The number of hydrogen-bond donors (Lipinski definition) is 2. The second-order valence-corrected chi connectivity index (χ2v) is 9.44. The fourth-order valence-electron chi connectivity index (χ4n) is 5.03. The SMILES string of the molecule is COc1cc2c(cc1OC)CN(CCCCn1cc(-c3ccccc3)c3ccccc31)CC2.O=C(O)C(=O)O. The number of methoxy groups -OCH3 is 2. The molecule has 1 aliphatic heterocycles. The molecule has 4 aromatic rings. The molecule has 0 spiro atoms. The summed E-state index contributed by atoms with van der Waals surface area (Å²) in [6, 6.07) is 23.8. The van der Waals surface area contributed by atoms with Crippen LogP contribution in [0.5, 0.6) is 11.5 Å². The van der Waals surface area contributed by atoms with Crippen molar-refractivity contribution in [1.82, 2.24) is 9.47 Å². The van der Waals surface area contributed by atoms with Crippen LogP contribution in [0.4, 0.5) is 0 Å². The monoisotopic (exact) mass is 530 g/mol. The first kappa shape index (κ1) is 27.7. The third-order valence-corrected chi connectivity index (χ3v) is 6.98. The summed E-state index contributed by atoms with van der Waals surface area (Å²) in [6.45, 7) is 4.26. The number of aliphatic carboxylic acids is 2. The van der Waals surface area contributed by atoms with Crippen LogP contribution in [0.25, 0.3) is 22.0 Å². The van der Waals surface area contributed by atoms with E-state index in [1.165, 1.54) is 46.0 Å². The number of ether oxygens (including phenoxy) is 2. The van der Waals surface area contributed by atoms with Gasteiger partial charge in [0.25, 0.3) is 0 Å². The molecule has 204 valence electrons. The molecule has 5 rings (SSSR count). The van der Waals surface area contributed by atoms with Crippen molar-refractivity contribution in [2.75, 3.05) is 27.3 Å². The van der Waals surface area contributed by atoms with Crippen molar-refractivity contribution in [3.8, 4) is 22.6 Å². The van der Waals surface area contributed by atoms with Crippen LogP contribution in [0.2, 0.25) is 0 Å². The number of aromatic nitrogens is 1. The Hall–Kier alpha value is -4.30. The molecule has 2 N–H and O–H groups in total. The molecule has 8 nitrogen and oxygen atoms in total. The Bertz CT molecular complexity index is 1420. The van der Waals surface area contributed by atoms with Crippen molar-refractivity contribution >= 4 is 22.8 Å². The number of carboxylic acids is 2. The molecule has 0 atom stereocenters.